The van der Waals surface area contributed by atoms with Gasteiger partial charge in [-0.25, -0.2) is 0 Å². The second-order valence-electron chi connectivity index (χ2n) is 5.03. The average molecular weight is 326 g/mol. The van der Waals surface area contributed by atoms with E-state index < -0.39 is 6.10 Å². The largest absolute Gasteiger partial charge is 0.480 e. The summed E-state index contributed by atoms with van der Waals surface area (Å²) in [6.07, 6.45) is 2.07. The Hall–Kier alpha value is -1.03. The normalized spacial score (nSPS) is 17.7. The lowest BCUT2D eigenvalue weighted by molar-refractivity contribution is -0.129. The molecule has 1 aromatic rings. The number of ether oxygens (including phenoxy) is 1. The summed E-state index contributed by atoms with van der Waals surface area (Å²) in [5.74, 6) is 0.819. The first-order chi connectivity index (χ1) is 9.14. The lowest BCUT2D eigenvalue weighted by atomic mass is 9.95. The highest BCUT2D eigenvalue weighted by Gasteiger charge is 2.34. The number of halogens is 1. The smallest absolute Gasteiger partial charge is 0.261 e. The maximum absolute atomic E-state index is 12.3. The zero-order valence-corrected chi connectivity index (χ0v) is 13.0. The third-order valence-corrected chi connectivity index (χ3v) is 5.01. The second kappa shape index (κ2) is 5.95. The summed E-state index contributed by atoms with van der Waals surface area (Å²) >= 11 is 3.50. The lowest BCUT2D eigenvalue weighted by Crippen LogP contribution is -2.53. The van der Waals surface area contributed by atoms with Crippen LogP contribution >= 0.6 is 15.9 Å². The third kappa shape index (κ3) is 2.94. The highest BCUT2D eigenvalue weighted by Crippen LogP contribution is 2.29. The molecular formula is C15H20BrNO2. The first kappa shape index (κ1) is 14.4. The Morgan fingerprint density at radius 3 is 2.68 bits per heavy atom. The van der Waals surface area contributed by atoms with Crippen molar-refractivity contribution in [3.63, 3.8) is 0 Å². The summed E-state index contributed by atoms with van der Waals surface area (Å²) in [6, 6.07) is 7.84. The molecule has 2 rings (SSSR count). The monoisotopic (exact) mass is 325 g/mol. The topological polar surface area (TPSA) is 38.3 Å². The van der Waals surface area contributed by atoms with Crippen molar-refractivity contribution >= 4 is 21.8 Å². The Morgan fingerprint density at radius 2 is 2.11 bits per heavy atom. The van der Waals surface area contributed by atoms with Gasteiger partial charge in [-0.1, -0.05) is 48.0 Å². The van der Waals surface area contributed by atoms with E-state index in [1.54, 1.807) is 0 Å². The zero-order chi connectivity index (χ0) is 13.9. The van der Waals surface area contributed by atoms with Crippen molar-refractivity contribution in [3.8, 4) is 5.75 Å². The number of benzene rings is 1. The molecule has 4 heteroatoms. The Morgan fingerprint density at radius 1 is 1.42 bits per heavy atom. The van der Waals surface area contributed by atoms with Crippen molar-refractivity contribution in [2.75, 3.05) is 5.33 Å². The van der Waals surface area contributed by atoms with Gasteiger partial charge in [-0.15, -0.1) is 0 Å². The van der Waals surface area contributed by atoms with Gasteiger partial charge >= 0.3 is 0 Å². The molecule has 1 heterocycles. The van der Waals surface area contributed by atoms with E-state index in [1.165, 1.54) is 0 Å². The molecule has 1 N–H and O–H groups in total. The van der Waals surface area contributed by atoms with Gasteiger partial charge in [-0.2, -0.15) is 0 Å². The third-order valence-electron chi connectivity index (χ3n) is 3.94. The number of rotatable bonds is 5. The Bertz CT molecular complexity index is 424. The molecule has 19 heavy (non-hydrogen) atoms. The fraction of sp³-hybridized carbons (Fsp3) is 0.533. The molecule has 1 atom stereocenters. The first-order valence-corrected chi connectivity index (χ1v) is 7.89. The Balaban J connectivity index is 2.03. The van der Waals surface area contributed by atoms with Crippen LogP contribution in [0.3, 0.4) is 0 Å². The number of alkyl halides is 1. The average Bonchev–Trinajstić information content (AvgIpc) is 2.89. The van der Waals surface area contributed by atoms with Crippen molar-refractivity contribution in [1.29, 1.82) is 0 Å². The van der Waals surface area contributed by atoms with Crippen LogP contribution in [0.4, 0.5) is 0 Å². The molecule has 1 aromatic carbocycles. The molecule has 0 spiro atoms. The second-order valence-corrected chi connectivity index (χ2v) is 5.59. The van der Waals surface area contributed by atoms with Crippen LogP contribution in [0.1, 0.15) is 32.3 Å². The van der Waals surface area contributed by atoms with E-state index in [9.17, 15) is 4.79 Å². The van der Waals surface area contributed by atoms with Gasteiger partial charge < -0.3 is 10.1 Å². The maximum atomic E-state index is 12.3. The van der Waals surface area contributed by atoms with Crippen molar-refractivity contribution in [2.45, 2.75) is 44.8 Å². The van der Waals surface area contributed by atoms with Crippen LogP contribution in [-0.2, 0) is 11.2 Å². The molecule has 0 fully saturated rings. The van der Waals surface area contributed by atoms with Gasteiger partial charge in [0.1, 0.15) is 5.75 Å². The van der Waals surface area contributed by atoms with Crippen molar-refractivity contribution in [1.82, 2.24) is 5.32 Å². The van der Waals surface area contributed by atoms with E-state index in [2.05, 4.69) is 35.1 Å². The number of amides is 1. The molecule has 1 unspecified atom stereocenters. The van der Waals surface area contributed by atoms with E-state index in [0.29, 0.717) is 6.42 Å². The van der Waals surface area contributed by atoms with Gasteiger partial charge in [0.15, 0.2) is 6.10 Å². The zero-order valence-electron chi connectivity index (χ0n) is 11.4. The van der Waals surface area contributed by atoms with Gasteiger partial charge in [0.25, 0.3) is 5.91 Å². The van der Waals surface area contributed by atoms with Crippen LogP contribution in [0.5, 0.6) is 5.75 Å². The summed E-state index contributed by atoms with van der Waals surface area (Å²) in [4.78, 5) is 12.3. The SMILES string of the molecule is CCC(CC)(CBr)NC(=O)C1Cc2ccccc2O1. The number of carbonyl (C=O) groups excluding carboxylic acids is 1. The predicted molar refractivity (Wildman–Crippen MR) is 79.8 cm³/mol. The molecule has 104 valence electrons. The van der Waals surface area contributed by atoms with Gasteiger partial charge in [0.05, 0.1) is 0 Å². The van der Waals surface area contributed by atoms with E-state index in [4.69, 9.17) is 4.74 Å². The number of para-hydroxylation sites is 1. The molecule has 0 bridgehead atoms. The predicted octanol–water partition coefficient (Wildman–Crippen LogP) is 3.06. The van der Waals surface area contributed by atoms with E-state index in [-0.39, 0.29) is 11.4 Å². The molecule has 0 saturated carbocycles. The number of nitrogens with one attached hydrogen (secondary N) is 1. The van der Waals surface area contributed by atoms with Crippen molar-refractivity contribution in [2.24, 2.45) is 0 Å². The van der Waals surface area contributed by atoms with Gasteiger partial charge in [0, 0.05) is 17.3 Å². The quantitative estimate of drug-likeness (QED) is 0.845. The molecule has 1 aliphatic rings. The van der Waals surface area contributed by atoms with Crippen LogP contribution in [-0.4, -0.2) is 22.9 Å². The lowest BCUT2D eigenvalue weighted by Gasteiger charge is -2.31. The summed E-state index contributed by atoms with van der Waals surface area (Å²) in [6.45, 7) is 4.19. The first-order valence-electron chi connectivity index (χ1n) is 6.76. The molecule has 0 radical (unpaired) electrons. The molecule has 0 aromatic heterocycles. The summed E-state index contributed by atoms with van der Waals surface area (Å²) in [7, 11) is 0. The minimum atomic E-state index is -0.395. The molecule has 1 amide bonds. The fourth-order valence-electron chi connectivity index (χ4n) is 2.32. The van der Waals surface area contributed by atoms with Gasteiger partial charge in [-0.3, -0.25) is 4.79 Å². The van der Waals surface area contributed by atoms with Crippen molar-refractivity contribution < 1.29 is 9.53 Å². The molecule has 0 aliphatic carbocycles. The van der Waals surface area contributed by atoms with Crippen molar-refractivity contribution in [3.05, 3.63) is 29.8 Å². The Labute approximate surface area is 122 Å². The molecule has 3 nitrogen and oxygen atoms in total. The van der Waals surface area contributed by atoms with Crippen LogP contribution in [0, 0.1) is 0 Å². The van der Waals surface area contributed by atoms with E-state index in [0.717, 1.165) is 29.5 Å². The number of carbonyl (C=O) groups is 1. The van der Waals surface area contributed by atoms with Gasteiger partial charge in [0.2, 0.25) is 0 Å². The van der Waals surface area contributed by atoms with E-state index in [1.807, 2.05) is 24.3 Å². The number of hydrogen-bond acceptors (Lipinski definition) is 2. The highest BCUT2D eigenvalue weighted by molar-refractivity contribution is 9.09. The highest BCUT2D eigenvalue weighted by atomic mass is 79.9. The van der Waals surface area contributed by atoms with E-state index >= 15 is 0 Å². The van der Waals surface area contributed by atoms with Crippen LogP contribution < -0.4 is 10.1 Å². The molecule has 0 saturated heterocycles. The standard InChI is InChI=1S/C15H20BrNO2/c1-3-15(4-2,10-16)17-14(18)13-9-11-7-5-6-8-12(11)19-13/h5-8,13H,3-4,9-10H2,1-2H3,(H,17,18). The minimum Gasteiger partial charge on any atom is -0.480 e. The molecule has 1 aliphatic heterocycles. The van der Waals surface area contributed by atoms with Crippen LogP contribution in [0.25, 0.3) is 0 Å². The summed E-state index contributed by atoms with van der Waals surface area (Å²) in [5.41, 5.74) is 0.940. The summed E-state index contributed by atoms with van der Waals surface area (Å²) < 4.78 is 5.72. The number of hydrogen-bond donors (Lipinski definition) is 1. The number of fused-ring (bicyclic) bond motifs is 1. The minimum absolute atomic E-state index is 0.0145. The molecular weight excluding hydrogens is 306 g/mol. The summed E-state index contributed by atoms with van der Waals surface area (Å²) in [5, 5.41) is 3.91. The fourth-order valence-corrected chi connectivity index (χ4v) is 3.25. The Kier molecular flexibility index (Phi) is 4.50. The van der Waals surface area contributed by atoms with Crippen LogP contribution in [0.15, 0.2) is 24.3 Å². The maximum Gasteiger partial charge on any atom is 0.261 e. The van der Waals surface area contributed by atoms with Gasteiger partial charge in [-0.05, 0) is 24.5 Å². The van der Waals surface area contributed by atoms with Crippen LogP contribution in [0.2, 0.25) is 0 Å².